The predicted octanol–water partition coefficient (Wildman–Crippen LogP) is 1.25. The van der Waals surface area contributed by atoms with E-state index in [1.807, 2.05) is 24.3 Å². The number of carbonyl (C=O) groups is 2. The van der Waals surface area contributed by atoms with Crippen molar-refractivity contribution in [1.29, 1.82) is 0 Å². The summed E-state index contributed by atoms with van der Waals surface area (Å²) in [5.41, 5.74) is 1.36. The van der Waals surface area contributed by atoms with Crippen molar-refractivity contribution in [3.05, 3.63) is 29.8 Å². The predicted molar refractivity (Wildman–Crippen MR) is 80.1 cm³/mol. The van der Waals surface area contributed by atoms with Crippen molar-refractivity contribution in [3.8, 4) is 0 Å². The van der Waals surface area contributed by atoms with Crippen molar-refractivity contribution in [2.24, 2.45) is 4.99 Å². The number of piperazine rings is 1. The molecule has 1 saturated carbocycles. The van der Waals surface area contributed by atoms with Gasteiger partial charge in [0.1, 0.15) is 0 Å². The molecule has 2 amide bonds. The van der Waals surface area contributed by atoms with Gasteiger partial charge in [0, 0.05) is 5.69 Å². The first-order valence-corrected chi connectivity index (χ1v) is 7.40. The highest BCUT2D eigenvalue weighted by atomic mass is 16.2. The summed E-state index contributed by atoms with van der Waals surface area (Å²) in [6, 6.07) is 7.61. The van der Waals surface area contributed by atoms with Gasteiger partial charge in [0.25, 0.3) is 0 Å². The topological polar surface area (TPSA) is 78.8 Å². The second-order valence-corrected chi connectivity index (χ2v) is 5.82. The van der Waals surface area contributed by atoms with Gasteiger partial charge in [-0.1, -0.05) is 25.0 Å². The number of isocyanates is 1. The number of imide groups is 1. The molecule has 1 aromatic carbocycles. The van der Waals surface area contributed by atoms with Crippen molar-refractivity contribution in [3.63, 3.8) is 0 Å². The summed E-state index contributed by atoms with van der Waals surface area (Å²) < 4.78 is 0. The molecule has 2 fully saturated rings. The molecule has 3 rings (SSSR count). The maximum atomic E-state index is 11.4. The zero-order valence-electron chi connectivity index (χ0n) is 12.2. The van der Waals surface area contributed by atoms with Crippen molar-refractivity contribution < 1.29 is 14.4 Å². The van der Waals surface area contributed by atoms with Crippen LogP contribution in [-0.2, 0) is 19.9 Å². The lowest BCUT2D eigenvalue weighted by atomic mass is 9.89. The fourth-order valence-electron chi connectivity index (χ4n) is 3.31. The second kappa shape index (κ2) is 5.73. The maximum absolute atomic E-state index is 11.4. The Morgan fingerprint density at radius 2 is 1.64 bits per heavy atom. The molecule has 0 aromatic heterocycles. The first-order valence-electron chi connectivity index (χ1n) is 7.40. The Balaban J connectivity index is 1.85. The van der Waals surface area contributed by atoms with E-state index in [0.717, 1.165) is 36.9 Å². The molecule has 1 N–H and O–H groups in total. The average Bonchev–Trinajstić information content (AvgIpc) is 2.97. The van der Waals surface area contributed by atoms with Gasteiger partial charge in [0.05, 0.1) is 18.6 Å². The molecule has 0 atom stereocenters. The van der Waals surface area contributed by atoms with E-state index in [4.69, 9.17) is 0 Å². The van der Waals surface area contributed by atoms with E-state index in [2.05, 4.69) is 10.3 Å². The summed E-state index contributed by atoms with van der Waals surface area (Å²) in [6.45, 7) is 0.339. The van der Waals surface area contributed by atoms with Crippen LogP contribution in [0.2, 0.25) is 0 Å². The highest BCUT2D eigenvalue weighted by Gasteiger charge is 2.35. The number of hydrogen-bond donors (Lipinski definition) is 1. The third-order valence-electron chi connectivity index (χ3n) is 4.41. The fraction of sp³-hybridized carbons (Fsp3) is 0.438. The highest BCUT2D eigenvalue weighted by Crippen LogP contribution is 2.42. The quantitative estimate of drug-likeness (QED) is 0.517. The number of hydrogen-bond acceptors (Lipinski definition) is 5. The van der Waals surface area contributed by atoms with E-state index in [-0.39, 0.29) is 24.9 Å². The molecule has 114 valence electrons. The van der Waals surface area contributed by atoms with Gasteiger partial charge in [-0.25, -0.2) is 4.79 Å². The van der Waals surface area contributed by atoms with Gasteiger partial charge in [-0.05, 0) is 30.5 Å². The lowest BCUT2D eigenvalue weighted by Gasteiger charge is -2.28. The largest absolute Gasteiger partial charge is 0.353 e. The lowest BCUT2D eigenvalue weighted by molar-refractivity contribution is -0.130. The lowest BCUT2D eigenvalue weighted by Crippen LogP contribution is -2.51. The molecule has 6 nitrogen and oxygen atoms in total. The van der Waals surface area contributed by atoms with E-state index < -0.39 is 5.54 Å². The van der Waals surface area contributed by atoms with Gasteiger partial charge in [0.15, 0.2) is 0 Å². The van der Waals surface area contributed by atoms with Crippen molar-refractivity contribution in [2.45, 2.75) is 31.2 Å². The Morgan fingerprint density at radius 1 is 1.05 bits per heavy atom. The summed E-state index contributed by atoms with van der Waals surface area (Å²) in [4.78, 5) is 39.4. The molecule has 1 heterocycles. The van der Waals surface area contributed by atoms with Gasteiger partial charge in [-0.2, -0.15) is 4.99 Å². The minimum absolute atomic E-state index is 0.169. The average molecular weight is 299 g/mol. The number of benzene rings is 1. The summed E-state index contributed by atoms with van der Waals surface area (Å²) in [5.74, 6) is -0.587. The Bertz CT molecular complexity index is 625. The first-order chi connectivity index (χ1) is 10.6. The van der Waals surface area contributed by atoms with E-state index in [9.17, 15) is 14.4 Å². The van der Waals surface area contributed by atoms with Crippen LogP contribution in [-0.4, -0.2) is 31.0 Å². The molecule has 1 aliphatic carbocycles. The van der Waals surface area contributed by atoms with Crippen LogP contribution in [0.1, 0.15) is 31.2 Å². The Morgan fingerprint density at radius 3 is 2.18 bits per heavy atom. The van der Waals surface area contributed by atoms with E-state index >= 15 is 0 Å². The summed E-state index contributed by atoms with van der Waals surface area (Å²) >= 11 is 0. The molecule has 0 bridgehead atoms. The van der Waals surface area contributed by atoms with Gasteiger partial charge in [-0.15, -0.1) is 0 Å². The highest BCUT2D eigenvalue weighted by molar-refractivity contribution is 6.02. The SMILES string of the molecule is O=C=NC1(c2ccc(N3CC(=O)NC(=O)C3)cc2)CCCC1. The van der Waals surface area contributed by atoms with Crippen LogP contribution in [0.3, 0.4) is 0 Å². The van der Waals surface area contributed by atoms with Crippen molar-refractivity contribution in [1.82, 2.24) is 5.32 Å². The number of nitrogens with zero attached hydrogens (tertiary/aromatic N) is 2. The number of rotatable bonds is 3. The molecule has 0 unspecified atom stereocenters. The summed E-state index contributed by atoms with van der Waals surface area (Å²) in [6.07, 6.45) is 5.51. The van der Waals surface area contributed by atoms with Crippen LogP contribution in [0.25, 0.3) is 0 Å². The molecule has 22 heavy (non-hydrogen) atoms. The first kappa shape index (κ1) is 14.5. The van der Waals surface area contributed by atoms with Crippen molar-refractivity contribution in [2.75, 3.05) is 18.0 Å². The Kier molecular flexibility index (Phi) is 3.77. The number of carbonyl (C=O) groups excluding carboxylic acids is 3. The summed E-state index contributed by atoms with van der Waals surface area (Å²) in [7, 11) is 0. The van der Waals surface area contributed by atoms with Crippen LogP contribution < -0.4 is 10.2 Å². The standard InChI is InChI=1S/C16H17N3O3/c20-11-17-16(7-1-2-8-16)12-3-5-13(6-4-12)19-9-14(21)18-15(22)10-19/h3-6H,1-2,7-10H2,(H,18,21,22). The molecule has 6 heteroatoms. The monoisotopic (exact) mass is 299 g/mol. The van der Waals surface area contributed by atoms with E-state index in [1.54, 1.807) is 11.0 Å². The van der Waals surface area contributed by atoms with Crippen LogP contribution in [0.4, 0.5) is 5.69 Å². The van der Waals surface area contributed by atoms with Gasteiger partial charge >= 0.3 is 0 Å². The normalized spacial score (nSPS) is 20.5. The molecule has 0 spiro atoms. The minimum atomic E-state index is -0.449. The molecular formula is C16H17N3O3. The van der Waals surface area contributed by atoms with Gasteiger partial charge < -0.3 is 4.90 Å². The number of amides is 2. The second-order valence-electron chi connectivity index (χ2n) is 5.82. The smallest absolute Gasteiger partial charge is 0.246 e. The van der Waals surface area contributed by atoms with Crippen molar-refractivity contribution >= 4 is 23.6 Å². The van der Waals surface area contributed by atoms with Crippen LogP contribution in [0.5, 0.6) is 0 Å². The molecule has 1 saturated heterocycles. The third-order valence-corrected chi connectivity index (χ3v) is 4.41. The molecule has 2 aliphatic rings. The number of aliphatic imine (C=N–C) groups is 1. The van der Waals surface area contributed by atoms with Gasteiger partial charge in [0.2, 0.25) is 17.9 Å². The molecule has 0 radical (unpaired) electrons. The van der Waals surface area contributed by atoms with Crippen LogP contribution >= 0.6 is 0 Å². The van der Waals surface area contributed by atoms with Crippen LogP contribution in [0, 0.1) is 0 Å². The zero-order chi connectivity index (χ0) is 15.6. The zero-order valence-corrected chi connectivity index (χ0v) is 12.2. The molecule has 1 aliphatic heterocycles. The van der Waals surface area contributed by atoms with E-state index in [1.165, 1.54) is 0 Å². The summed E-state index contributed by atoms with van der Waals surface area (Å²) in [5, 5.41) is 2.28. The maximum Gasteiger partial charge on any atom is 0.246 e. The molecular weight excluding hydrogens is 282 g/mol. The molecule has 1 aromatic rings. The Hall–Kier alpha value is -2.46. The minimum Gasteiger partial charge on any atom is -0.353 e. The van der Waals surface area contributed by atoms with Gasteiger partial charge in [-0.3, -0.25) is 14.9 Å². The Labute approximate surface area is 128 Å². The van der Waals surface area contributed by atoms with E-state index in [0.29, 0.717) is 0 Å². The fourth-order valence-corrected chi connectivity index (χ4v) is 3.31. The number of nitrogens with one attached hydrogen (secondary N) is 1. The number of anilines is 1. The van der Waals surface area contributed by atoms with Crippen LogP contribution in [0.15, 0.2) is 29.3 Å². The third kappa shape index (κ3) is 2.65.